The van der Waals surface area contributed by atoms with Crippen LogP contribution in [0, 0.1) is 0 Å². The summed E-state index contributed by atoms with van der Waals surface area (Å²) in [7, 11) is 1.89. The monoisotopic (exact) mass is 390 g/mol. The van der Waals surface area contributed by atoms with Gasteiger partial charge in [0.1, 0.15) is 0 Å². The van der Waals surface area contributed by atoms with E-state index in [9.17, 15) is 0 Å². The fourth-order valence-electron chi connectivity index (χ4n) is 2.28. The third-order valence-electron chi connectivity index (χ3n) is 3.39. The van der Waals surface area contributed by atoms with Crippen LogP contribution in [0.25, 0.3) is 0 Å². The van der Waals surface area contributed by atoms with Gasteiger partial charge in [-0.15, -0.1) is 0 Å². The Morgan fingerprint density at radius 2 is 2.10 bits per heavy atom. The second kappa shape index (κ2) is 7.11. The normalized spacial score (nSPS) is 12.7. The van der Waals surface area contributed by atoms with E-state index in [0.717, 1.165) is 27.8 Å². The molecule has 0 bridgehead atoms. The molecular weight excluding hydrogens is 375 g/mol. The molecule has 1 heterocycles. The molecule has 0 aliphatic rings. The number of hydrogen-bond donors (Lipinski definition) is 2. The standard InChI is InChI=1S/C14H17BrCl2N4/c1-3-11-14(17)13(21(2)20-11)7-12(19-18)8-4-9(15)6-10(16)5-8/h4-6,12,19H,3,7,18H2,1-2H3. The van der Waals surface area contributed by atoms with E-state index in [2.05, 4.69) is 26.5 Å². The van der Waals surface area contributed by atoms with Gasteiger partial charge in [0.2, 0.25) is 0 Å². The number of nitrogens with two attached hydrogens (primary N) is 1. The predicted octanol–water partition coefficient (Wildman–Crippen LogP) is 3.80. The first-order valence-corrected chi connectivity index (χ1v) is 8.13. The summed E-state index contributed by atoms with van der Waals surface area (Å²) in [5, 5.41) is 5.79. The largest absolute Gasteiger partial charge is 0.271 e. The summed E-state index contributed by atoms with van der Waals surface area (Å²) in [5.41, 5.74) is 5.67. The average Bonchev–Trinajstić information content (AvgIpc) is 2.70. The number of halogens is 3. The van der Waals surface area contributed by atoms with Crippen molar-refractivity contribution in [2.45, 2.75) is 25.8 Å². The molecule has 3 N–H and O–H groups in total. The Hall–Kier alpha value is -0.590. The van der Waals surface area contributed by atoms with Gasteiger partial charge in [-0.25, -0.2) is 0 Å². The summed E-state index contributed by atoms with van der Waals surface area (Å²) in [6.07, 6.45) is 1.43. The van der Waals surface area contributed by atoms with Crippen LogP contribution in [0.4, 0.5) is 0 Å². The molecule has 0 saturated carbocycles. The zero-order chi connectivity index (χ0) is 15.6. The number of nitrogens with one attached hydrogen (secondary N) is 1. The highest BCUT2D eigenvalue weighted by Crippen LogP contribution is 2.29. The maximum atomic E-state index is 6.39. The number of aryl methyl sites for hydroxylation is 2. The van der Waals surface area contributed by atoms with E-state index in [1.54, 1.807) is 0 Å². The fraction of sp³-hybridized carbons (Fsp3) is 0.357. The Labute approximate surface area is 142 Å². The molecule has 1 aromatic carbocycles. The van der Waals surface area contributed by atoms with Crippen LogP contribution >= 0.6 is 39.1 Å². The van der Waals surface area contributed by atoms with Crippen molar-refractivity contribution in [2.24, 2.45) is 12.9 Å². The smallest absolute Gasteiger partial charge is 0.0850 e. The minimum Gasteiger partial charge on any atom is -0.271 e. The van der Waals surface area contributed by atoms with Gasteiger partial charge in [-0.3, -0.25) is 16.0 Å². The lowest BCUT2D eigenvalue weighted by atomic mass is 10.0. The van der Waals surface area contributed by atoms with Gasteiger partial charge in [0.25, 0.3) is 0 Å². The lowest BCUT2D eigenvalue weighted by Crippen LogP contribution is -2.30. The van der Waals surface area contributed by atoms with Gasteiger partial charge in [-0.1, -0.05) is 46.1 Å². The lowest BCUT2D eigenvalue weighted by Gasteiger charge is -2.17. The summed E-state index contributed by atoms with van der Waals surface area (Å²) >= 11 is 15.9. The van der Waals surface area contributed by atoms with Crippen LogP contribution in [-0.2, 0) is 19.9 Å². The maximum absolute atomic E-state index is 6.39. The highest BCUT2D eigenvalue weighted by Gasteiger charge is 2.19. The van der Waals surface area contributed by atoms with Gasteiger partial charge in [0.15, 0.2) is 0 Å². The minimum atomic E-state index is -0.0994. The molecular formula is C14H17BrCl2N4. The molecule has 0 saturated heterocycles. The van der Waals surface area contributed by atoms with Crippen molar-refractivity contribution in [3.05, 3.63) is 49.7 Å². The van der Waals surface area contributed by atoms with Gasteiger partial charge in [-0.2, -0.15) is 5.10 Å². The maximum Gasteiger partial charge on any atom is 0.0850 e. The molecule has 2 rings (SSSR count). The van der Waals surface area contributed by atoms with Crippen molar-refractivity contribution in [1.82, 2.24) is 15.2 Å². The van der Waals surface area contributed by atoms with Crippen LogP contribution in [-0.4, -0.2) is 9.78 Å². The Kier molecular flexibility index (Phi) is 5.68. The molecule has 0 amide bonds. The molecule has 1 atom stereocenters. The highest BCUT2D eigenvalue weighted by molar-refractivity contribution is 9.10. The van der Waals surface area contributed by atoms with E-state index in [0.29, 0.717) is 16.5 Å². The van der Waals surface area contributed by atoms with Crippen molar-refractivity contribution in [1.29, 1.82) is 0 Å². The van der Waals surface area contributed by atoms with Crippen LogP contribution in [0.2, 0.25) is 10.0 Å². The molecule has 0 radical (unpaired) electrons. The van der Waals surface area contributed by atoms with Crippen molar-refractivity contribution in [3.63, 3.8) is 0 Å². The number of hydrazine groups is 1. The molecule has 4 nitrogen and oxygen atoms in total. The molecule has 114 valence electrons. The summed E-state index contributed by atoms with van der Waals surface area (Å²) in [6, 6.07) is 5.62. The van der Waals surface area contributed by atoms with Crippen LogP contribution < -0.4 is 11.3 Å². The first-order chi connectivity index (χ1) is 9.96. The van der Waals surface area contributed by atoms with Crippen LogP contribution in [0.1, 0.15) is 29.9 Å². The molecule has 1 unspecified atom stereocenters. The van der Waals surface area contributed by atoms with E-state index in [4.69, 9.17) is 29.0 Å². The van der Waals surface area contributed by atoms with Crippen LogP contribution in [0.3, 0.4) is 0 Å². The molecule has 1 aromatic heterocycles. The van der Waals surface area contributed by atoms with Crippen molar-refractivity contribution >= 4 is 39.1 Å². The average molecular weight is 392 g/mol. The zero-order valence-electron chi connectivity index (χ0n) is 11.8. The van der Waals surface area contributed by atoms with Gasteiger partial charge < -0.3 is 0 Å². The number of rotatable bonds is 5. The molecule has 2 aromatic rings. The molecule has 0 aliphatic heterocycles. The third-order valence-corrected chi connectivity index (χ3v) is 4.50. The van der Waals surface area contributed by atoms with E-state index in [-0.39, 0.29) is 6.04 Å². The van der Waals surface area contributed by atoms with E-state index < -0.39 is 0 Å². The first kappa shape index (κ1) is 16.8. The first-order valence-electron chi connectivity index (χ1n) is 6.58. The summed E-state index contributed by atoms with van der Waals surface area (Å²) in [4.78, 5) is 0. The quantitative estimate of drug-likeness (QED) is 0.602. The topological polar surface area (TPSA) is 55.9 Å². The molecule has 0 spiro atoms. The van der Waals surface area contributed by atoms with E-state index in [1.165, 1.54) is 0 Å². The zero-order valence-corrected chi connectivity index (χ0v) is 14.9. The molecule has 7 heteroatoms. The van der Waals surface area contributed by atoms with Crippen molar-refractivity contribution in [3.8, 4) is 0 Å². The predicted molar refractivity (Wildman–Crippen MR) is 90.5 cm³/mol. The Morgan fingerprint density at radius 1 is 1.38 bits per heavy atom. The Bertz CT molecular complexity index is 622. The number of hydrogen-bond acceptors (Lipinski definition) is 3. The lowest BCUT2D eigenvalue weighted by molar-refractivity contribution is 0.530. The van der Waals surface area contributed by atoms with Gasteiger partial charge >= 0.3 is 0 Å². The second-order valence-corrected chi connectivity index (χ2v) is 6.54. The Balaban J connectivity index is 2.33. The van der Waals surface area contributed by atoms with Gasteiger partial charge in [0, 0.05) is 23.0 Å². The second-order valence-electron chi connectivity index (χ2n) is 4.81. The van der Waals surface area contributed by atoms with E-state index >= 15 is 0 Å². The minimum absolute atomic E-state index is 0.0994. The fourth-order valence-corrected chi connectivity index (χ4v) is 3.54. The van der Waals surface area contributed by atoms with Gasteiger partial charge in [0.05, 0.1) is 22.5 Å². The highest BCUT2D eigenvalue weighted by atomic mass is 79.9. The molecule has 21 heavy (non-hydrogen) atoms. The summed E-state index contributed by atoms with van der Waals surface area (Å²) in [5.74, 6) is 5.71. The Morgan fingerprint density at radius 3 is 2.62 bits per heavy atom. The molecule has 0 fully saturated rings. The third kappa shape index (κ3) is 3.79. The van der Waals surface area contributed by atoms with Crippen molar-refractivity contribution < 1.29 is 0 Å². The van der Waals surface area contributed by atoms with Crippen molar-refractivity contribution in [2.75, 3.05) is 0 Å². The molecule has 0 aliphatic carbocycles. The summed E-state index contributed by atoms with van der Waals surface area (Å²) < 4.78 is 2.72. The van der Waals surface area contributed by atoms with Crippen LogP contribution in [0.15, 0.2) is 22.7 Å². The van der Waals surface area contributed by atoms with E-state index in [1.807, 2.05) is 36.9 Å². The summed E-state index contributed by atoms with van der Waals surface area (Å²) in [6.45, 7) is 2.03. The number of aromatic nitrogens is 2. The SMILES string of the molecule is CCc1nn(C)c(CC(NN)c2cc(Cl)cc(Br)c2)c1Cl. The number of benzene rings is 1. The number of nitrogens with zero attached hydrogens (tertiary/aromatic N) is 2. The van der Waals surface area contributed by atoms with Crippen LogP contribution in [0.5, 0.6) is 0 Å². The van der Waals surface area contributed by atoms with Gasteiger partial charge in [-0.05, 0) is 30.2 Å².